The number of aliphatic hydroxyl groups excluding tert-OH is 1. The standard InChI is InChI=1S/C14H16N2O3/c1-10-12(9-18)14(16(2)15-10)19-13-6-4-3-5-11(13)7-8-17/h3-6,9,17H,7-8H2,1-2H3. The van der Waals surface area contributed by atoms with Gasteiger partial charge in [0.1, 0.15) is 5.75 Å². The molecule has 19 heavy (non-hydrogen) atoms. The number of hydrogen-bond acceptors (Lipinski definition) is 4. The van der Waals surface area contributed by atoms with Gasteiger partial charge in [0.25, 0.3) is 0 Å². The molecule has 1 heterocycles. The number of aliphatic hydroxyl groups is 1. The first kappa shape index (κ1) is 13.3. The summed E-state index contributed by atoms with van der Waals surface area (Å²) in [6, 6.07) is 7.42. The fourth-order valence-corrected chi connectivity index (χ4v) is 1.94. The van der Waals surface area contributed by atoms with Crippen LogP contribution in [0.15, 0.2) is 24.3 Å². The van der Waals surface area contributed by atoms with Gasteiger partial charge in [0.05, 0.1) is 11.3 Å². The van der Waals surface area contributed by atoms with Crippen LogP contribution in [0.5, 0.6) is 11.6 Å². The van der Waals surface area contributed by atoms with Gasteiger partial charge in [-0.3, -0.25) is 4.79 Å². The van der Waals surface area contributed by atoms with E-state index in [-0.39, 0.29) is 6.61 Å². The Balaban J connectivity index is 2.39. The van der Waals surface area contributed by atoms with Crippen LogP contribution in [-0.4, -0.2) is 27.8 Å². The van der Waals surface area contributed by atoms with Crippen LogP contribution in [0.4, 0.5) is 0 Å². The lowest BCUT2D eigenvalue weighted by atomic mass is 10.1. The Bertz CT molecular complexity index is 590. The predicted octanol–water partition coefficient (Wildman–Crippen LogP) is 1.87. The molecule has 0 spiro atoms. The summed E-state index contributed by atoms with van der Waals surface area (Å²) in [7, 11) is 1.73. The Kier molecular flexibility index (Phi) is 3.97. The Labute approximate surface area is 111 Å². The Hall–Kier alpha value is -2.14. The number of benzene rings is 1. The lowest BCUT2D eigenvalue weighted by molar-refractivity contribution is 0.112. The van der Waals surface area contributed by atoms with Crippen molar-refractivity contribution in [2.75, 3.05) is 6.61 Å². The van der Waals surface area contributed by atoms with E-state index in [1.165, 1.54) is 4.68 Å². The van der Waals surface area contributed by atoms with Crippen LogP contribution in [-0.2, 0) is 13.5 Å². The molecule has 0 unspecified atom stereocenters. The molecule has 0 saturated heterocycles. The SMILES string of the molecule is Cc1nn(C)c(Oc2ccccc2CCO)c1C=O. The van der Waals surface area contributed by atoms with E-state index in [0.717, 1.165) is 11.8 Å². The maximum atomic E-state index is 11.1. The zero-order valence-corrected chi connectivity index (χ0v) is 11.0. The van der Waals surface area contributed by atoms with Crippen molar-refractivity contribution in [1.29, 1.82) is 0 Å². The van der Waals surface area contributed by atoms with Crippen LogP contribution in [0.3, 0.4) is 0 Å². The van der Waals surface area contributed by atoms with E-state index in [1.54, 1.807) is 14.0 Å². The van der Waals surface area contributed by atoms with Crippen LogP contribution in [0.2, 0.25) is 0 Å². The normalized spacial score (nSPS) is 10.5. The summed E-state index contributed by atoms with van der Waals surface area (Å²) in [6.07, 6.45) is 1.25. The second-order valence-electron chi connectivity index (χ2n) is 4.23. The average molecular weight is 260 g/mol. The molecular weight excluding hydrogens is 244 g/mol. The number of aldehydes is 1. The molecule has 100 valence electrons. The van der Waals surface area contributed by atoms with Crippen molar-refractivity contribution in [2.45, 2.75) is 13.3 Å². The smallest absolute Gasteiger partial charge is 0.228 e. The topological polar surface area (TPSA) is 64.3 Å². The molecule has 1 N–H and O–H groups in total. The average Bonchev–Trinajstić information content (AvgIpc) is 2.66. The summed E-state index contributed by atoms with van der Waals surface area (Å²) in [5.41, 5.74) is 1.97. The second-order valence-corrected chi connectivity index (χ2v) is 4.23. The summed E-state index contributed by atoms with van der Waals surface area (Å²) in [5.74, 6) is 1.04. The van der Waals surface area contributed by atoms with Crippen LogP contribution in [0, 0.1) is 6.92 Å². The van der Waals surface area contributed by atoms with E-state index in [4.69, 9.17) is 9.84 Å². The summed E-state index contributed by atoms with van der Waals surface area (Å²) in [6.45, 7) is 1.81. The lowest BCUT2D eigenvalue weighted by Crippen LogP contribution is -2.00. The fraction of sp³-hybridized carbons (Fsp3) is 0.286. The van der Waals surface area contributed by atoms with Crippen molar-refractivity contribution in [2.24, 2.45) is 7.05 Å². The summed E-state index contributed by atoms with van der Waals surface area (Å²) in [4.78, 5) is 11.1. The van der Waals surface area contributed by atoms with Crippen molar-refractivity contribution in [3.05, 3.63) is 41.1 Å². The molecule has 0 aliphatic rings. The van der Waals surface area contributed by atoms with Crippen molar-refractivity contribution < 1.29 is 14.6 Å². The van der Waals surface area contributed by atoms with Gasteiger partial charge in [-0.2, -0.15) is 5.10 Å². The second kappa shape index (κ2) is 5.67. The van der Waals surface area contributed by atoms with Gasteiger partial charge in [-0.15, -0.1) is 0 Å². The van der Waals surface area contributed by atoms with Crippen LogP contribution < -0.4 is 4.74 Å². The first-order valence-corrected chi connectivity index (χ1v) is 6.02. The highest BCUT2D eigenvalue weighted by atomic mass is 16.5. The zero-order valence-electron chi connectivity index (χ0n) is 11.0. The molecule has 2 rings (SSSR count). The molecule has 0 saturated carbocycles. The van der Waals surface area contributed by atoms with Gasteiger partial charge in [-0.25, -0.2) is 4.68 Å². The van der Waals surface area contributed by atoms with Crippen LogP contribution in [0.25, 0.3) is 0 Å². The molecule has 0 amide bonds. The molecule has 5 nitrogen and oxygen atoms in total. The third-order valence-electron chi connectivity index (χ3n) is 2.89. The largest absolute Gasteiger partial charge is 0.438 e. The summed E-state index contributed by atoms with van der Waals surface area (Å²) >= 11 is 0. The van der Waals surface area contributed by atoms with Crippen LogP contribution in [0.1, 0.15) is 21.6 Å². The number of aryl methyl sites for hydroxylation is 2. The number of ether oxygens (including phenoxy) is 1. The summed E-state index contributed by atoms with van der Waals surface area (Å²) < 4.78 is 7.33. The van der Waals surface area contributed by atoms with Gasteiger partial charge in [0.2, 0.25) is 5.88 Å². The molecule has 2 aromatic rings. The highest BCUT2D eigenvalue weighted by Crippen LogP contribution is 2.28. The number of rotatable bonds is 5. The molecule has 0 radical (unpaired) electrons. The van der Waals surface area contributed by atoms with E-state index < -0.39 is 0 Å². The minimum atomic E-state index is 0.0470. The van der Waals surface area contributed by atoms with E-state index in [0.29, 0.717) is 29.3 Å². The first-order valence-electron chi connectivity index (χ1n) is 6.02. The molecule has 1 aromatic heterocycles. The number of hydrogen-bond donors (Lipinski definition) is 1. The van der Waals surface area contributed by atoms with Crippen molar-refractivity contribution in [3.8, 4) is 11.6 Å². The Morgan fingerprint density at radius 3 is 2.84 bits per heavy atom. The predicted molar refractivity (Wildman–Crippen MR) is 70.6 cm³/mol. The van der Waals surface area contributed by atoms with Gasteiger partial charge >= 0.3 is 0 Å². The maximum absolute atomic E-state index is 11.1. The maximum Gasteiger partial charge on any atom is 0.228 e. The van der Waals surface area contributed by atoms with Gasteiger partial charge in [-0.1, -0.05) is 18.2 Å². The number of nitrogens with zero attached hydrogens (tertiary/aromatic N) is 2. The van der Waals surface area contributed by atoms with Crippen LogP contribution >= 0.6 is 0 Å². The number of carbonyl (C=O) groups is 1. The van der Waals surface area contributed by atoms with E-state index in [1.807, 2.05) is 24.3 Å². The quantitative estimate of drug-likeness (QED) is 0.833. The molecule has 5 heteroatoms. The monoisotopic (exact) mass is 260 g/mol. The lowest BCUT2D eigenvalue weighted by Gasteiger charge is -2.10. The van der Waals surface area contributed by atoms with E-state index in [2.05, 4.69) is 5.10 Å². The Morgan fingerprint density at radius 1 is 1.42 bits per heavy atom. The minimum Gasteiger partial charge on any atom is -0.438 e. The highest BCUT2D eigenvalue weighted by molar-refractivity contribution is 5.80. The summed E-state index contributed by atoms with van der Waals surface area (Å²) in [5, 5.41) is 13.2. The number of aromatic nitrogens is 2. The first-order chi connectivity index (χ1) is 9.17. The van der Waals surface area contributed by atoms with Crippen molar-refractivity contribution >= 4 is 6.29 Å². The van der Waals surface area contributed by atoms with E-state index >= 15 is 0 Å². The van der Waals surface area contributed by atoms with Gasteiger partial charge in [-0.05, 0) is 25.0 Å². The molecule has 0 fully saturated rings. The van der Waals surface area contributed by atoms with Gasteiger partial charge < -0.3 is 9.84 Å². The fourth-order valence-electron chi connectivity index (χ4n) is 1.94. The highest BCUT2D eigenvalue weighted by Gasteiger charge is 2.15. The minimum absolute atomic E-state index is 0.0470. The third-order valence-corrected chi connectivity index (χ3v) is 2.89. The van der Waals surface area contributed by atoms with Gasteiger partial charge in [0, 0.05) is 13.7 Å². The molecule has 0 atom stereocenters. The zero-order chi connectivity index (χ0) is 13.8. The Morgan fingerprint density at radius 2 is 2.16 bits per heavy atom. The molecule has 0 aliphatic carbocycles. The molecule has 0 aliphatic heterocycles. The molecule has 1 aromatic carbocycles. The number of carbonyl (C=O) groups excluding carboxylic acids is 1. The van der Waals surface area contributed by atoms with Crippen molar-refractivity contribution in [1.82, 2.24) is 9.78 Å². The molecular formula is C14H16N2O3. The van der Waals surface area contributed by atoms with E-state index in [9.17, 15) is 4.79 Å². The number of para-hydroxylation sites is 1. The van der Waals surface area contributed by atoms with Crippen molar-refractivity contribution in [3.63, 3.8) is 0 Å². The molecule has 0 bridgehead atoms. The van der Waals surface area contributed by atoms with Gasteiger partial charge in [0.15, 0.2) is 6.29 Å². The third kappa shape index (κ3) is 2.66.